The Hall–Kier alpha value is -2.95. The topological polar surface area (TPSA) is 90.3 Å². The molecule has 1 N–H and O–H groups in total. The summed E-state index contributed by atoms with van der Waals surface area (Å²) in [6.07, 6.45) is 5.64. The number of ether oxygens (including phenoxy) is 1. The van der Waals surface area contributed by atoms with Gasteiger partial charge in [-0.1, -0.05) is 43.8 Å². The number of rotatable bonds is 6. The lowest BCUT2D eigenvalue weighted by molar-refractivity contribution is -0.113. The molecular weight excluding hydrogens is 563 g/mol. The number of anilines is 1. The van der Waals surface area contributed by atoms with Crippen molar-refractivity contribution in [2.75, 3.05) is 18.2 Å². The van der Waals surface area contributed by atoms with Crippen LogP contribution in [0, 0.1) is 11.8 Å². The molecule has 0 bridgehead atoms. The van der Waals surface area contributed by atoms with Crippen molar-refractivity contribution in [2.24, 2.45) is 11.8 Å². The second-order valence-electron chi connectivity index (χ2n) is 10.8. The summed E-state index contributed by atoms with van der Waals surface area (Å²) < 4.78 is 6.70. The lowest BCUT2D eigenvalue weighted by Gasteiger charge is -2.18. The smallest absolute Gasteiger partial charge is 0.341 e. The molecule has 2 atom stereocenters. The number of thioether (sulfide) groups is 1. The molecule has 0 aliphatic heterocycles. The molecule has 2 aliphatic rings. The zero-order chi connectivity index (χ0) is 28.0. The van der Waals surface area contributed by atoms with Crippen LogP contribution in [0.2, 0.25) is 0 Å². The van der Waals surface area contributed by atoms with Crippen LogP contribution in [0.15, 0.2) is 40.3 Å². The van der Waals surface area contributed by atoms with Crippen molar-refractivity contribution in [3.8, 4) is 5.69 Å². The minimum Gasteiger partial charge on any atom is -0.465 e. The number of aromatic nitrogens is 2. The standard InChI is InChI=1S/C30H31N3O4S3/c1-16-9-11-19-21(13-16)39-26-24(19)28(35)33(18-7-5-4-6-8-18)30(32-26)38-15-23(34)31-27-25(29(36)37-3)20-12-10-17(2)14-22(20)40-27/h4-8,16-17H,9-15H2,1-3H3,(H,31,34)/t16-,17+/m1/s1. The fraction of sp³-hybridized carbons (Fsp3) is 0.400. The zero-order valence-electron chi connectivity index (χ0n) is 22.7. The van der Waals surface area contributed by atoms with Crippen LogP contribution in [0.4, 0.5) is 5.00 Å². The average Bonchev–Trinajstić information content (AvgIpc) is 3.48. The molecule has 3 heterocycles. The number of fused-ring (bicyclic) bond motifs is 4. The van der Waals surface area contributed by atoms with E-state index < -0.39 is 5.97 Å². The summed E-state index contributed by atoms with van der Waals surface area (Å²) in [4.78, 5) is 47.9. The van der Waals surface area contributed by atoms with E-state index in [4.69, 9.17) is 9.72 Å². The highest BCUT2D eigenvalue weighted by molar-refractivity contribution is 7.99. The Kier molecular flexibility index (Phi) is 7.58. The third kappa shape index (κ3) is 5.01. The Bertz CT molecular complexity index is 1670. The highest BCUT2D eigenvalue weighted by Crippen LogP contribution is 2.40. The van der Waals surface area contributed by atoms with Crippen LogP contribution in [0.5, 0.6) is 0 Å². The minimum absolute atomic E-state index is 0.0481. The monoisotopic (exact) mass is 593 g/mol. The van der Waals surface area contributed by atoms with Gasteiger partial charge >= 0.3 is 5.97 Å². The number of hydrogen-bond acceptors (Lipinski definition) is 8. The lowest BCUT2D eigenvalue weighted by Crippen LogP contribution is -2.23. The first kappa shape index (κ1) is 27.2. The van der Waals surface area contributed by atoms with Crippen LogP contribution in [0.25, 0.3) is 15.9 Å². The molecule has 40 heavy (non-hydrogen) atoms. The van der Waals surface area contributed by atoms with Gasteiger partial charge in [-0.2, -0.15) is 0 Å². The number of methoxy groups -OCH3 is 1. The first-order chi connectivity index (χ1) is 19.3. The molecule has 1 amide bonds. The quantitative estimate of drug-likeness (QED) is 0.161. The van der Waals surface area contributed by atoms with Crippen LogP contribution in [-0.2, 0) is 35.2 Å². The number of aryl methyl sites for hydroxylation is 1. The molecule has 0 saturated carbocycles. The third-order valence-electron chi connectivity index (χ3n) is 7.80. The summed E-state index contributed by atoms with van der Waals surface area (Å²) in [6.45, 7) is 4.45. The van der Waals surface area contributed by atoms with Crippen molar-refractivity contribution in [2.45, 2.75) is 57.5 Å². The van der Waals surface area contributed by atoms with E-state index in [9.17, 15) is 14.4 Å². The van der Waals surface area contributed by atoms with Crippen molar-refractivity contribution >= 4 is 61.5 Å². The molecular formula is C30H31N3O4S3. The SMILES string of the molecule is COC(=O)c1c(NC(=O)CSc2nc3sc4c(c3c(=O)n2-c2ccccc2)CC[C@@H](C)C4)sc2c1CC[C@H](C)C2. The number of benzene rings is 1. The molecule has 0 radical (unpaired) electrons. The van der Waals surface area contributed by atoms with E-state index in [-0.39, 0.29) is 17.2 Å². The molecule has 0 spiro atoms. The zero-order valence-corrected chi connectivity index (χ0v) is 25.2. The van der Waals surface area contributed by atoms with Crippen molar-refractivity contribution in [1.29, 1.82) is 0 Å². The summed E-state index contributed by atoms with van der Waals surface area (Å²) in [5.74, 6) is 0.506. The van der Waals surface area contributed by atoms with Gasteiger partial charge in [-0.25, -0.2) is 9.78 Å². The van der Waals surface area contributed by atoms with E-state index in [1.165, 1.54) is 35.1 Å². The van der Waals surface area contributed by atoms with Crippen LogP contribution in [0.1, 0.15) is 57.9 Å². The number of carbonyl (C=O) groups excluding carboxylic acids is 2. The van der Waals surface area contributed by atoms with Crippen molar-refractivity contribution in [3.63, 3.8) is 0 Å². The summed E-state index contributed by atoms with van der Waals surface area (Å²) in [5.41, 5.74) is 3.26. The maximum absolute atomic E-state index is 14.0. The van der Waals surface area contributed by atoms with Crippen LogP contribution < -0.4 is 10.9 Å². The van der Waals surface area contributed by atoms with Gasteiger partial charge in [-0.3, -0.25) is 14.2 Å². The van der Waals surface area contributed by atoms with Gasteiger partial charge in [-0.15, -0.1) is 22.7 Å². The van der Waals surface area contributed by atoms with E-state index in [0.29, 0.717) is 32.9 Å². The van der Waals surface area contributed by atoms with Crippen LogP contribution in [-0.4, -0.2) is 34.3 Å². The van der Waals surface area contributed by atoms with Crippen molar-refractivity contribution < 1.29 is 14.3 Å². The van der Waals surface area contributed by atoms with Gasteiger partial charge in [0.15, 0.2) is 5.16 Å². The molecule has 4 aromatic rings. The van der Waals surface area contributed by atoms with E-state index in [0.717, 1.165) is 65.0 Å². The molecule has 208 valence electrons. The average molecular weight is 594 g/mol. The Morgan fingerprint density at radius 2 is 1.73 bits per heavy atom. The molecule has 0 saturated heterocycles. The third-order valence-corrected chi connectivity index (χ3v) is 11.1. The van der Waals surface area contributed by atoms with Gasteiger partial charge in [0.2, 0.25) is 5.91 Å². The molecule has 6 rings (SSSR count). The predicted molar refractivity (Wildman–Crippen MR) is 163 cm³/mol. The Labute approximate surface area is 245 Å². The Balaban J connectivity index is 1.32. The first-order valence-corrected chi connectivity index (χ1v) is 16.2. The minimum atomic E-state index is -0.420. The molecule has 7 nitrogen and oxygen atoms in total. The van der Waals surface area contributed by atoms with Gasteiger partial charge in [0, 0.05) is 9.75 Å². The van der Waals surface area contributed by atoms with Crippen LogP contribution in [0.3, 0.4) is 0 Å². The van der Waals surface area contributed by atoms with E-state index in [1.54, 1.807) is 15.9 Å². The number of nitrogens with one attached hydrogen (secondary N) is 1. The fourth-order valence-electron chi connectivity index (χ4n) is 5.72. The molecule has 0 unspecified atom stereocenters. The lowest BCUT2D eigenvalue weighted by atomic mass is 9.88. The normalized spacial score (nSPS) is 18.3. The van der Waals surface area contributed by atoms with Gasteiger partial charge in [0.1, 0.15) is 9.83 Å². The maximum Gasteiger partial charge on any atom is 0.341 e. The molecule has 2 aliphatic carbocycles. The van der Waals surface area contributed by atoms with Crippen LogP contribution >= 0.6 is 34.4 Å². The summed E-state index contributed by atoms with van der Waals surface area (Å²) >= 11 is 4.31. The molecule has 3 aromatic heterocycles. The van der Waals surface area contributed by atoms with Crippen molar-refractivity contribution in [1.82, 2.24) is 9.55 Å². The van der Waals surface area contributed by atoms with E-state index in [1.807, 2.05) is 30.3 Å². The van der Waals surface area contributed by atoms with Gasteiger partial charge in [0.05, 0.1) is 29.5 Å². The van der Waals surface area contributed by atoms with Gasteiger partial charge < -0.3 is 10.1 Å². The number of para-hydroxylation sites is 1. The highest BCUT2D eigenvalue weighted by atomic mass is 32.2. The molecule has 1 aromatic carbocycles. The number of carbonyl (C=O) groups is 2. The number of thiophene rings is 2. The largest absolute Gasteiger partial charge is 0.465 e. The second-order valence-corrected chi connectivity index (χ2v) is 13.9. The van der Waals surface area contributed by atoms with E-state index >= 15 is 0 Å². The number of hydrogen-bond donors (Lipinski definition) is 1. The second kappa shape index (κ2) is 11.1. The van der Waals surface area contributed by atoms with Gasteiger partial charge in [0.25, 0.3) is 5.56 Å². The van der Waals surface area contributed by atoms with E-state index in [2.05, 4.69) is 19.2 Å². The first-order valence-electron chi connectivity index (χ1n) is 13.6. The fourth-order valence-corrected chi connectivity index (χ4v) is 9.37. The molecule has 0 fully saturated rings. The predicted octanol–water partition coefficient (Wildman–Crippen LogP) is 6.28. The molecule has 10 heteroatoms. The Morgan fingerprint density at radius 1 is 1.05 bits per heavy atom. The summed E-state index contributed by atoms with van der Waals surface area (Å²) in [5, 5.41) is 4.71. The number of esters is 1. The highest BCUT2D eigenvalue weighted by Gasteiger charge is 2.29. The number of nitrogens with zero attached hydrogens (tertiary/aromatic N) is 2. The summed E-state index contributed by atoms with van der Waals surface area (Å²) in [6, 6.07) is 9.48. The van der Waals surface area contributed by atoms with Gasteiger partial charge in [-0.05, 0) is 73.6 Å². The maximum atomic E-state index is 14.0. The van der Waals surface area contributed by atoms with Crippen molar-refractivity contribution in [3.05, 3.63) is 67.1 Å². The summed E-state index contributed by atoms with van der Waals surface area (Å²) in [7, 11) is 1.37. The Morgan fingerprint density at radius 3 is 2.42 bits per heavy atom. The number of amides is 1.